The minimum atomic E-state index is -0.503. The van der Waals surface area contributed by atoms with Crippen molar-refractivity contribution in [1.82, 2.24) is 15.2 Å². The van der Waals surface area contributed by atoms with Crippen LogP contribution in [0.15, 0.2) is 24.4 Å². The Morgan fingerprint density at radius 1 is 1.38 bits per heavy atom. The Hall–Kier alpha value is -1.91. The Labute approximate surface area is 73.6 Å². The highest BCUT2D eigenvalue weighted by Gasteiger charge is 2.01. The summed E-state index contributed by atoms with van der Waals surface area (Å²) in [7, 11) is 0. The summed E-state index contributed by atoms with van der Waals surface area (Å²) in [4.78, 5) is 3.51. The van der Waals surface area contributed by atoms with Crippen LogP contribution in [0, 0.1) is 5.95 Å². The van der Waals surface area contributed by atoms with Crippen molar-refractivity contribution < 1.29 is 4.39 Å². The first-order chi connectivity index (χ1) is 6.25. The first-order valence-corrected chi connectivity index (χ1v) is 3.68. The van der Waals surface area contributed by atoms with Gasteiger partial charge in [0.2, 0.25) is 5.95 Å². The summed E-state index contributed by atoms with van der Waals surface area (Å²) in [6.45, 7) is 0. The summed E-state index contributed by atoms with van der Waals surface area (Å²) in [5.41, 5.74) is 6.89. The maximum absolute atomic E-state index is 12.4. The molecule has 66 valence electrons. The fourth-order valence-corrected chi connectivity index (χ4v) is 1.02. The second-order valence-corrected chi connectivity index (χ2v) is 2.58. The standard InChI is InChI=1S/C8H7FN4/c9-7-2-1-5(4-11-7)6-3-8(10)13-12-6/h1-4H,(H3,10,12,13). The number of anilines is 1. The maximum atomic E-state index is 12.4. The molecule has 0 aliphatic carbocycles. The number of nitrogens with zero attached hydrogens (tertiary/aromatic N) is 2. The van der Waals surface area contributed by atoms with E-state index >= 15 is 0 Å². The van der Waals surface area contributed by atoms with E-state index in [9.17, 15) is 4.39 Å². The number of nitrogens with one attached hydrogen (secondary N) is 1. The van der Waals surface area contributed by atoms with Crippen LogP contribution in [0.4, 0.5) is 10.2 Å². The first-order valence-electron chi connectivity index (χ1n) is 3.68. The van der Waals surface area contributed by atoms with Crippen molar-refractivity contribution in [1.29, 1.82) is 0 Å². The van der Waals surface area contributed by atoms with Crippen molar-refractivity contribution in [3.05, 3.63) is 30.3 Å². The molecule has 0 aliphatic rings. The number of aromatic amines is 1. The molecule has 0 saturated heterocycles. The van der Waals surface area contributed by atoms with Gasteiger partial charge in [0.25, 0.3) is 0 Å². The van der Waals surface area contributed by atoms with E-state index in [0.717, 1.165) is 11.3 Å². The van der Waals surface area contributed by atoms with Crippen LogP contribution < -0.4 is 5.73 Å². The minimum Gasteiger partial charge on any atom is -0.382 e. The highest BCUT2D eigenvalue weighted by molar-refractivity contribution is 5.60. The normalized spacial score (nSPS) is 10.2. The van der Waals surface area contributed by atoms with Gasteiger partial charge < -0.3 is 5.73 Å². The number of halogens is 1. The molecule has 0 amide bonds. The summed E-state index contributed by atoms with van der Waals surface area (Å²) in [6, 6.07) is 4.55. The lowest BCUT2D eigenvalue weighted by molar-refractivity contribution is 0.584. The summed E-state index contributed by atoms with van der Waals surface area (Å²) < 4.78 is 12.4. The van der Waals surface area contributed by atoms with E-state index in [4.69, 9.17) is 5.73 Å². The molecule has 2 aromatic heterocycles. The fraction of sp³-hybridized carbons (Fsp3) is 0. The molecule has 3 N–H and O–H groups in total. The Morgan fingerprint density at radius 3 is 2.77 bits per heavy atom. The Kier molecular flexibility index (Phi) is 1.70. The number of hydrogen-bond donors (Lipinski definition) is 2. The smallest absolute Gasteiger partial charge is 0.212 e. The van der Waals surface area contributed by atoms with Crippen molar-refractivity contribution >= 4 is 5.82 Å². The Morgan fingerprint density at radius 2 is 2.23 bits per heavy atom. The molecule has 2 rings (SSSR count). The molecule has 13 heavy (non-hydrogen) atoms. The first kappa shape index (κ1) is 7.72. The predicted molar refractivity (Wildman–Crippen MR) is 46.2 cm³/mol. The highest BCUT2D eigenvalue weighted by atomic mass is 19.1. The zero-order valence-corrected chi connectivity index (χ0v) is 6.66. The predicted octanol–water partition coefficient (Wildman–Crippen LogP) is 1.19. The molecule has 0 aliphatic heterocycles. The van der Waals surface area contributed by atoms with Crippen LogP contribution in [-0.4, -0.2) is 15.2 Å². The summed E-state index contributed by atoms with van der Waals surface area (Å²) >= 11 is 0. The van der Waals surface area contributed by atoms with Gasteiger partial charge in [-0.3, -0.25) is 5.10 Å². The zero-order chi connectivity index (χ0) is 9.26. The molecule has 2 aromatic rings. The van der Waals surface area contributed by atoms with Crippen molar-refractivity contribution in [2.24, 2.45) is 0 Å². The van der Waals surface area contributed by atoms with E-state index in [-0.39, 0.29) is 0 Å². The molecule has 0 bridgehead atoms. The molecular formula is C8H7FN4. The average Bonchev–Trinajstić information content (AvgIpc) is 2.53. The molecule has 0 aromatic carbocycles. The van der Waals surface area contributed by atoms with Crippen molar-refractivity contribution in [2.75, 3.05) is 5.73 Å². The van der Waals surface area contributed by atoms with Gasteiger partial charge in [-0.2, -0.15) is 9.49 Å². The SMILES string of the molecule is Nc1cc(-c2ccc(F)nc2)[nH]n1. The lowest BCUT2D eigenvalue weighted by atomic mass is 10.2. The van der Waals surface area contributed by atoms with Crippen molar-refractivity contribution in [3.8, 4) is 11.3 Å². The van der Waals surface area contributed by atoms with E-state index in [1.807, 2.05) is 0 Å². The van der Waals surface area contributed by atoms with Gasteiger partial charge in [-0.15, -0.1) is 0 Å². The summed E-state index contributed by atoms with van der Waals surface area (Å²) in [5.74, 6) is -0.101. The van der Waals surface area contributed by atoms with Crippen LogP contribution in [0.1, 0.15) is 0 Å². The highest BCUT2D eigenvalue weighted by Crippen LogP contribution is 2.16. The number of aromatic nitrogens is 3. The zero-order valence-electron chi connectivity index (χ0n) is 6.66. The molecule has 2 heterocycles. The number of pyridine rings is 1. The van der Waals surface area contributed by atoms with Crippen LogP contribution >= 0.6 is 0 Å². The molecule has 0 radical (unpaired) electrons. The molecule has 0 saturated carbocycles. The van der Waals surface area contributed by atoms with Gasteiger partial charge in [-0.25, -0.2) is 4.98 Å². The van der Waals surface area contributed by atoms with Gasteiger partial charge >= 0.3 is 0 Å². The van der Waals surface area contributed by atoms with E-state index in [2.05, 4.69) is 15.2 Å². The van der Waals surface area contributed by atoms with Crippen LogP contribution in [0.3, 0.4) is 0 Å². The molecule has 4 nitrogen and oxygen atoms in total. The number of rotatable bonds is 1. The van der Waals surface area contributed by atoms with Crippen LogP contribution in [0.25, 0.3) is 11.3 Å². The lowest BCUT2D eigenvalue weighted by Gasteiger charge is -1.94. The van der Waals surface area contributed by atoms with E-state index < -0.39 is 5.95 Å². The van der Waals surface area contributed by atoms with E-state index in [0.29, 0.717) is 5.82 Å². The van der Waals surface area contributed by atoms with Crippen molar-refractivity contribution in [2.45, 2.75) is 0 Å². The maximum Gasteiger partial charge on any atom is 0.212 e. The third kappa shape index (κ3) is 1.48. The third-order valence-electron chi connectivity index (χ3n) is 1.64. The number of nitrogen functional groups attached to an aromatic ring is 1. The second-order valence-electron chi connectivity index (χ2n) is 2.58. The number of hydrogen-bond acceptors (Lipinski definition) is 3. The average molecular weight is 178 g/mol. The lowest BCUT2D eigenvalue weighted by Crippen LogP contribution is -1.83. The summed E-state index contributed by atoms with van der Waals surface area (Å²) in [6.07, 6.45) is 1.42. The van der Waals surface area contributed by atoms with Gasteiger partial charge in [0.15, 0.2) is 0 Å². The Balaban J connectivity index is 2.41. The van der Waals surface area contributed by atoms with Gasteiger partial charge in [0.05, 0.1) is 5.69 Å². The second kappa shape index (κ2) is 2.85. The number of H-pyrrole nitrogens is 1. The van der Waals surface area contributed by atoms with Crippen LogP contribution in [-0.2, 0) is 0 Å². The van der Waals surface area contributed by atoms with Gasteiger partial charge in [-0.05, 0) is 12.1 Å². The quantitative estimate of drug-likeness (QED) is 0.644. The monoisotopic (exact) mass is 178 g/mol. The van der Waals surface area contributed by atoms with Gasteiger partial charge in [-0.1, -0.05) is 0 Å². The Bertz CT molecular complexity index is 406. The van der Waals surface area contributed by atoms with Crippen LogP contribution in [0.5, 0.6) is 0 Å². The minimum absolute atomic E-state index is 0.402. The van der Waals surface area contributed by atoms with Crippen LogP contribution in [0.2, 0.25) is 0 Å². The third-order valence-corrected chi connectivity index (χ3v) is 1.64. The molecule has 0 unspecified atom stereocenters. The molecule has 0 atom stereocenters. The molecule has 5 heteroatoms. The fourth-order valence-electron chi connectivity index (χ4n) is 1.02. The van der Waals surface area contributed by atoms with E-state index in [1.54, 1.807) is 12.1 Å². The molecule has 0 fully saturated rings. The van der Waals surface area contributed by atoms with E-state index in [1.165, 1.54) is 12.3 Å². The van der Waals surface area contributed by atoms with Gasteiger partial charge in [0.1, 0.15) is 5.82 Å². The molecular weight excluding hydrogens is 171 g/mol. The topological polar surface area (TPSA) is 67.6 Å². The van der Waals surface area contributed by atoms with Crippen molar-refractivity contribution in [3.63, 3.8) is 0 Å². The molecule has 0 spiro atoms. The number of nitrogens with two attached hydrogens (primary N) is 1. The summed E-state index contributed by atoms with van der Waals surface area (Å²) in [5, 5.41) is 6.45. The van der Waals surface area contributed by atoms with Gasteiger partial charge in [0, 0.05) is 17.8 Å². The largest absolute Gasteiger partial charge is 0.382 e.